The molecule has 0 aliphatic carbocycles. The lowest BCUT2D eigenvalue weighted by molar-refractivity contribution is -0.137. The van der Waals surface area contributed by atoms with Gasteiger partial charge in [0.05, 0.1) is 41.4 Å². The zero-order chi connectivity index (χ0) is 23.0. The Labute approximate surface area is 185 Å². The van der Waals surface area contributed by atoms with Crippen LogP contribution in [0.25, 0.3) is 10.6 Å². The van der Waals surface area contributed by atoms with Crippen LogP contribution in [-0.2, 0) is 17.6 Å². The van der Waals surface area contributed by atoms with Crippen molar-refractivity contribution in [2.75, 3.05) is 24.3 Å². The summed E-state index contributed by atoms with van der Waals surface area (Å²) in [4.78, 5) is 18.4. The van der Waals surface area contributed by atoms with Crippen LogP contribution in [0.15, 0.2) is 41.4 Å². The molecule has 0 spiro atoms. The van der Waals surface area contributed by atoms with Crippen LogP contribution < -0.4 is 10.2 Å². The number of carbonyl (C=O) groups excluding carboxylic acids is 1. The van der Waals surface area contributed by atoms with E-state index in [-0.39, 0.29) is 30.1 Å². The van der Waals surface area contributed by atoms with Crippen molar-refractivity contribution in [3.05, 3.63) is 52.5 Å². The smallest absolute Gasteiger partial charge is 0.389 e. The molecule has 0 saturated heterocycles. The van der Waals surface area contributed by atoms with E-state index in [1.165, 1.54) is 36.4 Å². The Morgan fingerprint density at radius 1 is 1.16 bits per heavy atom. The van der Waals surface area contributed by atoms with E-state index >= 15 is 0 Å². The third kappa shape index (κ3) is 4.34. The van der Waals surface area contributed by atoms with Crippen molar-refractivity contribution >= 4 is 40.0 Å². The first kappa shape index (κ1) is 21.9. The summed E-state index contributed by atoms with van der Waals surface area (Å²) in [5.41, 5.74) is 1.14. The van der Waals surface area contributed by atoms with Gasteiger partial charge in [-0.1, -0.05) is 29.5 Å². The largest absolute Gasteiger partial charge is 0.418 e. The number of benzene rings is 2. The highest BCUT2D eigenvalue weighted by Gasteiger charge is 2.36. The summed E-state index contributed by atoms with van der Waals surface area (Å²) in [6.07, 6.45) is -4.68. The Balaban J connectivity index is 1.81. The Hall–Kier alpha value is -3.31. The van der Waals surface area contributed by atoms with Crippen molar-refractivity contribution in [2.24, 2.45) is 4.99 Å². The molecule has 1 amide bonds. The average molecular weight is 461 g/mol. The van der Waals surface area contributed by atoms with Crippen molar-refractivity contribution in [2.45, 2.75) is 19.2 Å². The predicted molar refractivity (Wildman–Crippen MR) is 116 cm³/mol. The molecule has 1 aliphatic rings. The molecule has 0 unspecified atom stereocenters. The quantitative estimate of drug-likeness (QED) is 0.606. The maximum atomic E-state index is 13.6. The number of rotatable bonds is 4. The zero-order valence-electron chi connectivity index (χ0n) is 17.1. The number of hydrogen-bond donors (Lipinski definition) is 2. The van der Waals surface area contributed by atoms with E-state index in [4.69, 9.17) is 0 Å². The summed E-state index contributed by atoms with van der Waals surface area (Å²) in [6.45, 7) is -0.213. The van der Waals surface area contributed by atoms with Crippen LogP contribution in [0.1, 0.15) is 22.6 Å². The van der Waals surface area contributed by atoms with Gasteiger partial charge in [-0.05, 0) is 23.8 Å². The van der Waals surface area contributed by atoms with Crippen molar-refractivity contribution < 1.29 is 23.1 Å². The highest BCUT2D eigenvalue weighted by atomic mass is 32.1. The molecular weight excluding hydrogens is 443 g/mol. The van der Waals surface area contributed by atoms with Gasteiger partial charge in [-0.25, -0.2) is 0 Å². The third-order valence-electron chi connectivity index (χ3n) is 4.80. The number of aliphatic hydroxyl groups is 1. The van der Waals surface area contributed by atoms with Gasteiger partial charge in [0, 0.05) is 19.7 Å². The molecule has 3 aromatic rings. The summed E-state index contributed by atoms with van der Waals surface area (Å²) >= 11 is 1.24. The Morgan fingerprint density at radius 3 is 2.56 bits per heavy atom. The topological polar surface area (TPSA) is 90.7 Å². The van der Waals surface area contributed by atoms with E-state index < -0.39 is 17.6 Å². The zero-order valence-corrected chi connectivity index (χ0v) is 17.9. The predicted octanol–water partition coefficient (Wildman–Crippen LogP) is 4.25. The SMILES string of the molecule is CN(C)c1cc2c(cc1C(F)(F)F)NC(=O)CC(c1cccc(-c3nnc(CO)s3)c1)=N2. The molecule has 2 aromatic carbocycles. The van der Waals surface area contributed by atoms with Gasteiger partial charge in [-0.3, -0.25) is 9.79 Å². The standard InChI is InChI=1S/C21H18F3N5O2S/c1-29(2)17-8-16-15(7-13(17)21(22,23)24)26-18(31)9-14(25-16)11-4-3-5-12(6-11)20-28-27-19(10-30)32-20/h3-8,30H,9-10H2,1-2H3,(H,26,31). The average Bonchev–Trinajstić information content (AvgIpc) is 3.16. The van der Waals surface area contributed by atoms with E-state index in [9.17, 15) is 23.1 Å². The molecular formula is C21H18F3N5O2S. The van der Waals surface area contributed by atoms with Crippen LogP contribution in [-0.4, -0.2) is 41.0 Å². The number of nitrogens with one attached hydrogen (secondary N) is 1. The maximum Gasteiger partial charge on any atom is 0.418 e. The minimum atomic E-state index is -4.58. The van der Waals surface area contributed by atoms with E-state index in [1.807, 2.05) is 6.07 Å². The van der Waals surface area contributed by atoms with E-state index in [0.717, 1.165) is 11.6 Å². The van der Waals surface area contributed by atoms with Crippen molar-refractivity contribution in [3.8, 4) is 10.6 Å². The van der Waals surface area contributed by atoms with Crippen LogP contribution in [0.4, 0.5) is 30.2 Å². The summed E-state index contributed by atoms with van der Waals surface area (Å²) in [7, 11) is 3.03. The van der Waals surface area contributed by atoms with Crippen molar-refractivity contribution in [1.82, 2.24) is 10.2 Å². The van der Waals surface area contributed by atoms with E-state index in [2.05, 4.69) is 20.5 Å². The first-order valence-corrected chi connectivity index (χ1v) is 10.3. The van der Waals surface area contributed by atoms with E-state index in [1.54, 1.807) is 18.2 Å². The monoisotopic (exact) mass is 461 g/mol. The van der Waals surface area contributed by atoms with Crippen molar-refractivity contribution in [3.63, 3.8) is 0 Å². The first-order valence-electron chi connectivity index (χ1n) is 9.49. The molecule has 32 heavy (non-hydrogen) atoms. The summed E-state index contributed by atoms with van der Waals surface area (Å²) in [5.74, 6) is -0.461. The Kier molecular flexibility index (Phi) is 5.70. The Bertz CT molecular complexity index is 1220. The molecule has 2 N–H and O–H groups in total. The fourth-order valence-corrected chi connectivity index (χ4v) is 4.03. The summed E-state index contributed by atoms with van der Waals surface area (Å²) < 4.78 is 40.7. The normalized spacial score (nSPS) is 13.8. The number of anilines is 2. The highest BCUT2D eigenvalue weighted by molar-refractivity contribution is 7.14. The number of fused-ring (bicyclic) bond motifs is 1. The fourth-order valence-electron chi connectivity index (χ4n) is 3.33. The number of carbonyl (C=O) groups is 1. The van der Waals surface area contributed by atoms with Gasteiger partial charge in [0.15, 0.2) is 0 Å². The lowest BCUT2D eigenvalue weighted by Gasteiger charge is -2.21. The second kappa shape index (κ2) is 8.32. The number of aliphatic imine (C=N–C) groups is 1. The molecule has 1 aliphatic heterocycles. The van der Waals surface area contributed by atoms with Gasteiger partial charge in [-0.2, -0.15) is 13.2 Å². The molecule has 7 nitrogen and oxygen atoms in total. The molecule has 2 heterocycles. The van der Waals surface area contributed by atoms with Gasteiger partial charge in [-0.15, -0.1) is 10.2 Å². The molecule has 0 saturated carbocycles. The van der Waals surface area contributed by atoms with Crippen LogP contribution in [0.5, 0.6) is 0 Å². The number of hydrogen-bond acceptors (Lipinski definition) is 7. The first-order chi connectivity index (χ1) is 15.2. The van der Waals surface area contributed by atoms with Gasteiger partial charge >= 0.3 is 6.18 Å². The summed E-state index contributed by atoms with van der Waals surface area (Å²) in [6, 6.07) is 9.39. The molecule has 11 heteroatoms. The molecule has 0 atom stereocenters. The number of alkyl halides is 3. The van der Waals surface area contributed by atoms with E-state index in [0.29, 0.717) is 21.3 Å². The lowest BCUT2D eigenvalue weighted by Crippen LogP contribution is -2.18. The van der Waals surface area contributed by atoms with Crippen LogP contribution in [0.3, 0.4) is 0 Å². The third-order valence-corrected chi connectivity index (χ3v) is 5.76. The second-order valence-corrected chi connectivity index (χ2v) is 8.36. The molecule has 0 fully saturated rings. The number of amides is 1. The van der Waals surface area contributed by atoms with Gasteiger partial charge in [0.2, 0.25) is 5.91 Å². The molecule has 166 valence electrons. The molecule has 0 bridgehead atoms. The van der Waals surface area contributed by atoms with Crippen molar-refractivity contribution in [1.29, 1.82) is 0 Å². The maximum absolute atomic E-state index is 13.6. The Morgan fingerprint density at radius 2 is 1.91 bits per heavy atom. The minimum absolute atomic E-state index is 0.00999. The number of aromatic nitrogens is 2. The highest BCUT2D eigenvalue weighted by Crippen LogP contribution is 2.43. The van der Waals surface area contributed by atoms with Crippen LogP contribution in [0.2, 0.25) is 0 Å². The minimum Gasteiger partial charge on any atom is -0.389 e. The van der Waals surface area contributed by atoms with Crippen LogP contribution >= 0.6 is 11.3 Å². The second-order valence-electron chi connectivity index (χ2n) is 7.30. The van der Waals surface area contributed by atoms with Gasteiger partial charge < -0.3 is 15.3 Å². The summed E-state index contributed by atoms with van der Waals surface area (Å²) in [5, 5.41) is 20.8. The lowest BCUT2D eigenvalue weighted by atomic mass is 10.0. The molecule has 0 radical (unpaired) electrons. The molecule has 1 aromatic heterocycles. The van der Waals surface area contributed by atoms with Gasteiger partial charge in [0.25, 0.3) is 0 Å². The fraction of sp³-hybridized carbons (Fsp3) is 0.238. The van der Waals surface area contributed by atoms with Gasteiger partial charge in [0.1, 0.15) is 10.0 Å². The molecule has 4 rings (SSSR count). The number of halogens is 3. The number of aliphatic hydroxyl groups excluding tert-OH is 1. The number of nitrogens with zero attached hydrogens (tertiary/aromatic N) is 4. The van der Waals surface area contributed by atoms with Crippen LogP contribution in [0, 0.1) is 0 Å².